The summed E-state index contributed by atoms with van der Waals surface area (Å²) in [6.07, 6.45) is 2.31. The summed E-state index contributed by atoms with van der Waals surface area (Å²) in [5, 5.41) is -0.182. The highest BCUT2D eigenvalue weighted by atomic mass is 35.5. The van der Waals surface area contributed by atoms with E-state index < -0.39 is 5.00 Å². The summed E-state index contributed by atoms with van der Waals surface area (Å²) in [4.78, 5) is -0.725. The van der Waals surface area contributed by atoms with Crippen LogP contribution >= 0.6 is 23.2 Å². The molecule has 2 nitrogen and oxygen atoms in total. The summed E-state index contributed by atoms with van der Waals surface area (Å²) in [7, 11) is 0. The minimum absolute atomic E-state index is 0.179. The Kier molecular flexibility index (Phi) is 2.46. The molecule has 10 heavy (non-hydrogen) atoms. The van der Waals surface area contributed by atoms with Crippen LogP contribution in [0.5, 0.6) is 0 Å². The first-order chi connectivity index (χ1) is 4.52. The summed E-state index contributed by atoms with van der Waals surface area (Å²) < 4.78 is 0. The van der Waals surface area contributed by atoms with Gasteiger partial charge >= 0.3 is 0 Å². The Morgan fingerprint density at radius 3 is 2.50 bits per heavy atom. The van der Waals surface area contributed by atoms with Crippen molar-refractivity contribution in [3.05, 3.63) is 0 Å². The number of alkyl halides is 2. The van der Waals surface area contributed by atoms with Crippen LogP contribution in [-0.4, -0.2) is 16.4 Å². The van der Waals surface area contributed by atoms with Crippen molar-refractivity contribution in [3.63, 3.8) is 0 Å². The largest absolute Gasteiger partial charge is 0.328 e. The molecule has 0 aromatic rings. The van der Waals surface area contributed by atoms with Gasteiger partial charge in [0.1, 0.15) is 5.00 Å². The molecule has 0 aromatic carbocycles. The molecular weight excluding hydrogens is 171 g/mol. The predicted molar refractivity (Wildman–Crippen MR) is 44.2 cm³/mol. The summed E-state index contributed by atoms with van der Waals surface area (Å²) in [6.45, 7) is 0. The van der Waals surface area contributed by atoms with Gasteiger partial charge in [0, 0.05) is 6.04 Å². The molecule has 1 rings (SSSR count). The Labute approximate surface area is 70.8 Å². The maximum Gasteiger partial charge on any atom is 0.108 e. The van der Waals surface area contributed by atoms with Gasteiger partial charge in [-0.25, -0.2) is 0 Å². The van der Waals surface area contributed by atoms with Crippen molar-refractivity contribution >= 4 is 23.2 Å². The summed E-state index contributed by atoms with van der Waals surface area (Å²) in [5.41, 5.74) is 11.3. The first kappa shape index (κ1) is 8.60. The van der Waals surface area contributed by atoms with E-state index in [1.54, 1.807) is 0 Å². The van der Waals surface area contributed by atoms with E-state index >= 15 is 0 Å². The second-order valence-corrected chi connectivity index (χ2v) is 4.16. The fourth-order valence-corrected chi connectivity index (χ4v) is 1.68. The number of nitrogens with two attached hydrogens (primary N) is 2. The van der Waals surface area contributed by atoms with Crippen molar-refractivity contribution in [3.8, 4) is 0 Å². The summed E-state index contributed by atoms with van der Waals surface area (Å²) >= 11 is 11.7. The molecule has 1 aliphatic rings. The van der Waals surface area contributed by atoms with Crippen LogP contribution in [0.4, 0.5) is 0 Å². The predicted octanol–water partition coefficient (Wildman–Crippen LogP) is 0.999. The Bertz CT molecular complexity index is 127. The molecule has 4 N–H and O–H groups in total. The Morgan fingerprint density at radius 1 is 1.50 bits per heavy atom. The fourth-order valence-electron chi connectivity index (χ4n) is 1.14. The molecule has 0 heterocycles. The van der Waals surface area contributed by atoms with Crippen LogP contribution in [0.2, 0.25) is 0 Å². The minimum atomic E-state index is -0.725. The topological polar surface area (TPSA) is 52.0 Å². The molecule has 0 saturated heterocycles. The standard InChI is InChI=1S/C6H12Cl2N2/c7-5-3-4(9)1-2-6(5,8)10/h4-5H,1-3,9-10H2/t4-,5-,6?/m0/s1. The van der Waals surface area contributed by atoms with Crippen molar-refractivity contribution < 1.29 is 0 Å². The van der Waals surface area contributed by atoms with E-state index in [4.69, 9.17) is 34.7 Å². The number of hydrogen-bond donors (Lipinski definition) is 2. The normalized spacial score (nSPS) is 49.2. The van der Waals surface area contributed by atoms with E-state index in [-0.39, 0.29) is 11.4 Å². The zero-order valence-corrected chi connectivity index (χ0v) is 7.20. The molecule has 1 saturated carbocycles. The third-order valence-corrected chi connectivity index (χ3v) is 3.06. The maximum atomic E-state index is 5.88. The van der Waals surface area contributed by atoms with E-state index in [1.165, 1.54) is 0 Å². The van der Waals surface area contributed by atoms with Crippen molar-refractivity contribution in [1.82, 2.24) is 0 Å². The molecule has 0 spiro atoms. The lowest BCUT2D eigenvalue weighted by Crippen LogP contribution is -2.49. The summed E-state index contributed by atoms with van der Waals surface area (Å²) in [6, 6.07) is 0.179. The highest BCUT2D eigenvalue weighted by molar-refractivity contribution is 6.32. The van der Waals surface area contributed by atoms with Gasteiger partial charge in [0.15, 0.2) is 0 Å². The second kappa shape index (κ2) is 2.86. The molecule has 0 aromatic heterocycles. The molecule has 4 heteroatoms. The van der Waals surface area contributed by atoms with E-state index in [0.29, 0.717) is 6.42 Å². The van der Waals surface area contributed by atoms with Gasteiger partial charge in [0.2, 0.25) is 0 Å². The monoisotopic (exact) mass is 182 g/mol. The zero-order valence-electron chi connectivity index (χ0n) is 5.69. The van der Waals surface area contributed by atoms with E-state index in [2.05, 4.69) is 0 Å². The molecule has 1 fully saturated rings. The minimum Gasteiger partial charge on any atom is -0.328 e. The molecule has 0 radical (unpaired) electrons. The first-order valence-corrected chi connectivity index (χ1v) is 4.21. The average Bonchev–Trinajstić information content (AvgIpc) is 1.81. The van der Waals surface area contributed by atoms with Gasteiger partial charge in [-0.05, 0) is 19.3 Å². The van der Waals surface area contributed by atoms with E-state index in [0.717, 1.165) is 12.8 Å². The van der Waals surface area contributed by atoms with Gasteiger partial charge < -0.3 is 11.5 Å². The van der Waals surface area contributed by atoms with E-state index in [1.807, 2.05) is 0 Å². The smallest absolute Gasteiger partial charge is 0.108 e. The van der Waals surface area contributed by atoms with Gasteiger partial charge in [-0.1, -0.05) is 0 Å². The maximum absolute atomic E-state index is 5.88. The van der Waals surface area contributed by atoms with Crippen molar-refractivity contribution in [2.45, 2.75) is 35.7 Å². The van der Waals surface area contributed by atoms with Gasteiger partial charge in [0.25, 0.3) is 0 Å². The van der Waals surface area contributed by atoms with Gasteiger partial charge in [-0.2, -0.15) is 0 Å². The highest BCUT2D eigenvalue weighted by Crippen LogP contribution is 2.32. The van der Waals surface area contributed by atoms with Crippen LogP contribution in [0.3, 0.4) is 0 Å². The van der Waals surface area contributed by atoms with Gasteiger partial charge in [-0.3, -0.25) is 0 Å². The Hall–Kier alpha value is 0.500. The van der Waals surface area contributed by atoms with Gasteiger partial charge in [-0.15, -0.1) is 23.2 Å². The Morgan fingerprint density at radius 2 is 2.10 bits per heavy atom. The number of halogens is 2. The molecule has 3 atom stereocenters. The van der Waals surface area contributed by atoms with Crippen molar-refractivity contribution in [2.75, 3.05) is 0 Å². The molecule has 1 aliphatic carbocycles. The zero-order chi connectivity index (χ0) is 7.78. The molecule has 0 bridgehead atoms. The van der Waals surface area contributed by atoms with Crippen LogP contribution in [0, 0.1) is 0 Å². The van der Waals surface area contributed by atoms with Crippen LogP contribution < -0.4 is 11.5 Å². The molecule has 60 valence electrons. The van der Waals surface area contributed by atoms with Crippen LogP contribution in [0.1, 0.15) is 19.3 Å². The lowest BCUT2D eigenvalue weighted by Gasteiger charge is -2.34. The van der Waals surface area contributed by atoms with Crippen LogP contribution in [-0.2, 0) is 0 Å². The molecular formula is C6H12Cl2N2. The first-order valence-electron chi connectivity index (χ1n) is 3.40. The average molecular weight is 183 g/mol. The summed E-state index contributed by atoms with van der Waals surface area (Å²) in [5.74, 6) is 0. The lowest BCUT2D eigenvalue weighted by atomic mass is 9.91. The van der Waals surface area contributed by atoms with E-state index in [9.17, 15) is 0 Å². The lowest BCUT2D eigenvalue weighted by molar-refractivity contribution is 0.367. The third kappa shape index (κ3) is 1.76. The number of rotatable bonds is 0. The molecule has 0 aliphatic heterocycles. The molecule has 1 unspecified atom stereocenters. The quantitative estimate of drug-likeness (QED) is 0.434. The van der Waals surface area contributed by atoms with Crippen molar-refractivity contribution in [2.24, 2.45) is 11.5 Å². The number of hydrogen-bond acceptors (Lipinski definition) is 2. The Balaban J connectivity index is 2.52. The van der Waals surface area contributed by atoms with Crippen LogP contribution in [0.25, 0.3) is 0 Å². The third-order valence-electron chi connectivity index (χ3n) is 1.93. The SMILES string of the molecule is N[C@H]1CCC(N)(Cl)[C@@H](Cl)C1. The van der Waals surface area contributed by atoms with Gasteiger partial charge in [0.05, 0.1) is 5.38 Å². The van der Waals surface area contributed by atoms with Crippen molar-refractivity contribution in [1.29, 1.82) is 0 Å². The van der Waals surface area contributed by atoms with Crippen LogP contribution in [0.15, 0.2) is 0 Å². The molecule has 0 amide bonds. The second-order valence-electron chi connectivity index (χ2n) is 2.93. The fraction of sp³-hybridized carbons (Fsp3) is 1.00. The highest BCUT2D eigenvalue weighted by Gasteiger charge is 2.36.